The topological polar surface area (TPSA) is 38.8 Å². The van der Waals surface area contributed by atoms with E-state index in [-0.39, 0.29) is 35.3 Å². The quantitative estimate of drug-likeness (QED) is 0.311. The molecule has 1 heterocycles. The van der Waals surface area contributed by atoms with E-state index in [2.05, 4.69) is 0 Å². The molecule has 11 heteroatoms. The third-order valence-corrected chi connectivity index (χ3v) is 8.84. The zero-order valence-corrected chi connectivity index (χ0v) is 23.7. The van der Waals surface area contributed by atoms with Crippen LogP contribution in [0.4, 0.5) is 35.5 Å². The monoisotopic (exact) mass is 599 g/mol. The Morgan fingerprint density at radius 3 is 2.14 bits per heavy atom. The summed E-state index contributed by atoms with van der Waals surface area (Å²) in [6.45, 7) is 5.39. The van der Waals surface area contributed by atoms with E-state index < -0.39 is 41.7 Å². The van der Waals surface area contributed by atoms with Gasteiger partial charge in [-0.25, -0.2) is 9.18 Å². The molecule has 1 saturated carbocycles. The van der Waals surface area contributed by atoms with Gasteiger partial charge in [0.25, 0.3) is 0 Å². The maximum absolute atomic E-state index is 14.8. The molecule has 0 aromatic heterocycles. The van der Waals surface area contributed by atoms with Gasteiger partial charge in [0.2, 0.25) is 0 Å². The molecule has 0 unspecified atom stereocenters. The number of ether oxygens (including phenoxy) is 2. The first kappa shape index (κ1) is 30.2. The Balaban J connectivity index is 1.53. The number of halogens is 7. The van der Waals surface area contributed by atoms with Gasteiger partial charge in [-0.05, 0) is 96.9 Å². The molecule has 2 atom stereocenters. The first-order valence-electron chi connectivity index (χ1n) is 13.9. The maximum atomic E-state index is 14.8. The summed E-state index contributed by atoms with van der Waals surface area (Å²) in [5.74, 6) is -0.128. The van der Waals surface area contributed by atoms with Crippen molar-refractivity contribution in [3.8, 4) is 5.75 Å². The predicted molar refractivity (Wildman–Crippen MR) is 141 cm³/mol. The highest BCUT2D eigenvalue weighted by Gasteiger charge is 2.48. The zero-order valence-electron chi connectivity index (χ0n) is 23.7. The number of hydrogen-bond donors (Lipinski definition) is 0. The summed E-state index contributed by atoms with van der Waals surface area (Å²) in [7, 11) is 1.45. The van der Waals surface area contributed by atoms with E-state index in [4.69, 9.17) is 9.47 Å². The SMILES string of the molecule is COc1cc(F)c(C(C)C)cc1C1=C(CN2C(=O)O[C@H](c3cc(C(F)(F)F)cc(C(F)(F)F)c3)[C@@H]2C)CC2(CC1)CC2. The molecule has 2 aromatic carbocycles. The third-order valence-electron chi connectivity index (χ3n) is 8.84. The van der Waals surface area contributed by atoms with Crippen LogP contribution in [0, 0.1) is 11.2 Å². The average molecular weight is 600 g/mol. The molecule has 0 bridgehead atoms. The van der Waals surface area contributed by atoms with Crippen LogP contribution in [0.15, 0.2) is 35.9 Å². The Bertz CT molecular complexity index is 1390. The third kappa shape index (κ3) is 5.71. The number of amides is 1. The molecule has 0 N–H and O–H groups in total. The molecule has 1 amide bonds. The number of methoxy groups -OCH3 is 1. The molecule has 2 fully saturated rings. The van der Waals surface area contributed by atoms with Gasteiger partial charge in [0, 0.05) is 18.2 Å². The number of hydrogen-bond acceptors (Lipinski definition) is 3. The second-order valence-electron chi connectivity index (χ2n) is 12.0. The zero-order chi connectivity index (χ0) is 30.8. The molecule has 228 valence electrons. The number of rotatable bonds is 6. The number of nitrogens with zero attached hydrogens (tertiary/aromatic N) is 1. The second kappa shape index (κ2) is 10.5. The largest absolute Gasteiger partial charge is 0.496 e. The van der Waals surface area contributed by atoms with E-state index >= 15 is 0 Å². The van der Waals surface area contributed by atoms with E-state index in [9.17, 15) is 35.5 Å². The fraction of sp³-hybridized carbons (Fsp3) is 0.516. The normalized spacial score (nSPS) is 22.3. The van der Waals surface area contributed by atoms with Crippen molar-refractivity contribution in [3.63, 3.8) is 0 Å². The molecular formula is C31H32F7NO3. The van der Waals surface area contributed by atoms with Crippen molar-refractivity contribution >= 4 is 11.7 Å². The highest BCUT2D eigenvalue weighted by atomic mass is 19.4. The fourth-order valence-corrected chi connectivity index (χ4v) is 6.22. The standard InChI is InChI=1S/C31H32F7NO3/c1-16(2)23-12-24(26(41-4)13-25(23)32)22-5-6-29(7-8-29)14-19(22)15-39-17(3)27(42-28(39)40)18-9-20(30(33,34)35)11-21(10-18)31(36,37)38/h9-13,16-17,27H,5-8,14-15H2,1-4H3/t17-,27-/m0/s1. The number of alkyl halides is 6. The second-order valence-corrected chi connectivity index (χ2v) is 12.0. The number of cyclic esters (lactones) is 1. The Labute approximate surface area is 239 Å². The molecule has 1 aliphatic heterocycles. The van der Waals surface area contributed by atoms with Crippen LogP contribution >= 0.6 is 0 Å². The minimum atomic E-state index is -5.02. The summed E-state index contributed by atoms with van der Waals surface area (Å²) >= 11 is 0. The Kier molecular flexibility index (Phi) is 7.55. The Morgan fingerprint density at radius 2 is 1.62 bits per heavy atom. The smallest absolute Gasteiger partial charge is 0.416 e. The van der Waals surface area contributed by atoms with Crippen molar-refractivity contribution in [1.29, 1.82) is 0 Å². The lowest BCUT2D eigenvalue weighted by molar-refractivity contribution is -0.143. The Hall–Kier alpha value is -3.24. The number of benzene rings is 2. The van der Waals surface area contributed by atoms with E-state index in [0.717, 1.165) is 36.0 Å². The van der Waals surface area contributed by atoms with E-state index in [0.29, 0.717) is 36.3 Å². The molecule has 2 aromatic rings. The lowest BCUT2D eigenvalue weighted by Gasteiger charge is -2.32. The minimum absolute atomic E-state index is 0.0540. The summed E-state index contributed by atoms with van der Waals surface area (Å²) in [4.78, 5) is 14.5. The van der Waals surface area contributed by atoms with Crippen LogP contribution in [-0.2, 0) is 17.1 Å². The molecule has 5 rings (SSSR count). The average Bonchev–Trinajstić information content (AvgIpc) is 3.60. The van der Waals surface area contributed by atoms with Gasteiger partial charge in [-0.15, -0.1) is 0 Å². The van der Waals surface area contributed by atoms with E-state index in [1.165, 1.54) is 18.1 Å². The van der Waals surface area contributed by atoms with Crippen LogP contribution in [0.3, 0.4) is 0 Å². The van der Waals surface area contributed by atoms with Crippen molar-refractivity contribution in [3.05, 3.63) is 69.5 Å². The first-order valence-corrected chi connectivity index (χ1v) is 13.9. The van der Waals surface area contributed by atoms with Gasteiger partial charge < -0.3 is 9.47 Å². The van der Waals surface area contributed by atoms with Gasteiger partial charge in [-0.3, -0.25) is 4.90 Å². The van der Waals surface area contributed by atoms with Crippen LogP contribution < -0.4 is 4.74 Å². The molecule has 2 aliphatic carbocycles. The Morgan fingerprint density at radius 1 is 1.00 bits per heavy atom. The maximum Gasteiger partial charge on any atom is 0.416 e. The summed E-state index contributed by atoms with van der Waals surface area (Å²) in [5.41, 5.74) is -0.157. The van der Waals surface area contributed by atoms with Crippen LogP contribution in [0.2, 0.25) is 0 Å². The molecule has 1 spiro atoms. The van der Waals surface area contributed by atoms with Crippen LogP contribution in [0.5, 0.6) is 5.75 Å². The molecular weight excluding hydrogens is 567 g/mol. The molecule has 42 heavy (non-hydrogen) atoms. The van der Waals surface area contributed by atoms with E-state index in [1.807, 2.05) is 13.8 Å². The summed E-state index contributed by atoms with van der Waals surface area (Å²) in [5, 5.41) is 0. The summed E-state index contributed by atoms with van der Waals surface area (Å²) in [6, 6.07) is 3.54. The predicted octanol–water partition coefficient (Wildman–Crippen LogP) is 9.29. The van der Waals surface area contributed by atoms with Crippen molar-refractivity contribution in [2.45, 2.75) is 83.3 Å². The van der Waals surface area contributed by atoms with Crippen LogP contribution in [0.1, 0.15) is 92.7 Å². The van der Waals surface area contributed by atoms with Crippen molar-refractivity contribution in [2.24, 2.45) is 5.41 Å². The highest BCUT2D eigenvalue weighted by molar-refractivity contribution is 5.77. The van der Waals surface area contributed by atoms with Gasteiger partial charge in [-0.1, -0.05) is 13.8 Å². The van der Waals surface area contributed by atoms with Gasteiger partial charge >= 0.3 is 18.4 Å². The van der Waals surface area contributed by atoms with Crippen molar-refractivity contribution < 1.29 is 45.0 Å². The summed E-state index contributed by atoms with van der Waals surface area (Å²) < 4.78 is 107. The van der Waals surface area contributed by atoms with Gasteiger partial charge in [0.05, 0.1) is 24.3 Å². The number of carbonyl (C=O) groups excluding carboxylic acids is 1. The van der Waals surface area contributed by atoms with E-state index in [1.54, 1.807) is 13.0 Å². The summed E-state index contributed by atoms with van der Waals surface area (Å²) in [6.07, 6.45) is -7.91. The van der Waals surface area contributed by atoms with Crippen LogP contribution in [-0.4, -0.2) is 30.7 Å². The van der Waals surface area contributed by atoms with Gasteiger partial charge in [-0.2, -0.15) is 26.3 Å². The van der Waals surface area contributed by atoms with Crippen LogP contribution in [0.25, 0.3) is 5.57 Å². The number of carbonyl (C=O) groups is 1. The minimum Gasteiger partial charge on any atom is -0.496 e. The lowest BCUT2D eigenvalue weighted by atomic mass is 9.78. The van der Waals surface area contributed by atoms with Crippen molar-refractivity contribution in [1.82, 2.24) is 4.90 Å². The van der Waals surface area contributed by atoms with Gasteiger partial charge in [0.15, 0.2) is 0 Å². The highest BCUT2D eigenvalue weighted by Crippen LogP contribution is 2.59. The molecule has 3 aliphatic rings. The molecule has 0 radical (unpaired) electrons. The number of allylic oxidation sites excluding steroid dienone is 1. The van der Waals surface area contributed by atoms with Gasteiger partial charge in [0.1, 0.15) is 17.7 Å². The first-order chi connectivity index (χ1) is 19.5. The lowest BCUT2D eigenvalue weighted by Crippen LogP contribution is -2.35. The molecule has 4 nitrogen and oxygen atoms in total. The molecule has 1 saturated heterocycles. The fourth-order valence-electron chi connectivity index (χ4n) is 6.22. The van der Waals surface area contributed by atoms with Crippen molar-refractivity contribution in [2.75, 3.05) is 13.7 Å².